The molecule has 0 amide bonds. The molecule has 1 aromatic heterocycles. The second-order valence-electron chi connectivity index (χ2n) is 5.71. The molecule has 6 nitrogen and oxygen atoms in total. The molecule has 1 aromatic carbocycles. The number of guanidine groups is 1. The maximum Gasteiger partial charge on any atom is 0.231 e. The highest BCUT2D eigenvalue weighted by atomic mass is 127. The number of aliphatic imine (C=N–C) groups is 1. The largest absolute Gasteiger partial charge is 0.454 e. The quantitative estimate of drug-likeness (QED) is 0.381. The van der Waals surface area contributed by atoms with E-state index < -0.39 is 0 Å². The van der Waals surface area contributed by atoms with Crippen LogP contribution in [0, 0.1) is 0 Å². The molecule has 0 radical (unpaired) electrons. The molecule has 1 aliphatic heterocycles. The third-order valence-corrected chi connectivity index (χ3v) is 4.37. The maximum atomic E-state index is 5.42. The van der Waals surface area contributed by atoms with Crippen LogP contribution in [0.4, 0.5) is 0 Å². The minimum absolute atomic E-state index is 0. The molecule has 3 rings (SSSR count). The summed E-state index contributed by atoms with van der Waals surface area (Å²) in [6.45, 7) is 1.73. The van der Waals surface area contributed by atoms with E-state index in [0.717, 1.165) is 34.0 Å². The van der Waals surface area contributed by atoms with Crippen molar-refractivity contribution in [2.24, 2.45) is 12.0 Å². The molecule has 0 bridgehead atoms. The van der Waals surface area contributed by atoms with Gasteiger partial charge in [-0.2, -0.15) is 0 Å². The molecule has 8 heteroatoms. The van der Waals surface area contributed by atoms with Crippen molar-refractivity contribution in [3.63, 3.8) is 0 Å². The number of aromatic nitrogens is 1. The van der Waals surface area contributed by atoms with E-state index in [9.17, 15) is 0 Å². The first-order valence-corrected chi connectivity index (χ1v) is 8.47. The lowest BCUT2D eigenvalue weighted by Crippen LogP contribution is -2.38. The molecule has 2 heterocycles. The molecule has 1 aliphatic rings. The summed E-state index contributed by atoms with van der Waals surface area (Å²) in [4.78, 5) is 6.45. The summed E-state index contributed by atoms with van der Waals surface area (Å²) < 4.78 is 13.9. The fourth-order valence-corrected chi connectivity index (χ4v) is 3.23. The SMILES string of the molecule is CN=C(NCc1ccc2c(c1)OCO2)N(C)Cc1cc(Br)cn1C.I. The lowest BCUT2D eigenvalue weighted by Gasteiger charge is -2.22. The Hall–Kier alpha value is -1.42. The van der Waals surface area contributed by atoms with Crippen LogP contribution >= 0.6 is 39.9 Å². The van der Waals surface area contributed by atoms with Crippen LogP contribution in [-0.2, 0) is 20.1 Å². The lowest BCUT2D eigenvalue weighted by molar-refractivity contribution is 0.174. The summed E-state index contributed by atoms with van der Waals surface area (Å²) in [6.07, 6.45) is 2.05. The first-order valence-electron chi connectivity index (χ1n) is 7.68. The van der Waals surface area contributed by atoms with Gasteiger partial charge in [0, 0.05) is 44.1 Å². The highest BCUT2D eigenvalue weighted by molar-refractivity contribution is 14.0. The number of hydrogen-bond donors (Lipinski definition) is 1. The van der Waals surface area contributed by atoms with Gasteiger partial charge >= 0.3 is 0 Å². The summed E-state index contributed by atoms with van der Waals surface area (Å²) in [6, 6.07) is 8.08. The fraction of sp³-hybridized carbons (Fsp3) is 0.353. The van der Waals surface area contributed by atoms with Gasteiger partial charge < -0.3 is 24.3 Å². The zero-order chi connectivity index (χ0) is 17.1. The molecule has 0 spiro atoms. The molecule has 0 aliphatic carbocycles. The molecular weight excluding hydrogens is 499 g/mol. The van der Waals surface area contributed by atoms with Crippen LogP contribution in [0.3, 0.4) is 0 Å². The molecule has 2 aromatic rings. The van der Waals surface area contributed by atoms with Gasteiger partial charge in [0.25, 0.3) is 0 Å². The van der Waals surface area contributed by atoms with E-state index in [-0.39, 0.29) is 24.0 Å². The van der Waals surface area contributed by atoms with Crippen LogP contribution in [0.1, 0.15) is 11.3 Å². The van der Waals surface area contributed by atoms with Crippen LogP contribution in [0.15, 0.2) is 39.9 Å². The molecule has 0 unspecified atom stereocenters. The van der Waals surface area contributed by atoms with Crippen molar-refractivity contribution >= 4 is 45.9 Å². The van der Waals surface area contributed by atoms with Crippen molar-refractivity contribution in [3.8, 4) is 11.5 Å². The Kier molecular flexibility index (Phi) is 7.00. The van der Waals surface area contributed by atoms with Crippen LogP contribution in [0.25, 0.3) is 0 Å². The van der Waals surface area contributed by atoms with Crippen LogP contribution in [0.5, 0.6) is 11.5 Å². The average molecular weight is 521 g/mol. The van der Waals surface area contributed by atoms with Crippen molar-refractivity contribution in [1.29, 1.82) is 0 Å². The predicted octanol–water partition coefficient (Wildman–Crippen LogP) is 3.34. The first-order chi connectivity index (χ1) is 11.6. The molecule has 0 saturated heterocycles. The molecule has 25 heavy (non-hydrogen) atoms. The van der Waals surface area contributed by atoms with E-state index in [1.165, 1.54) is 5.69 Å². The number of rotatable bonds is 4. The number of hydrogen-bond acceptors (Lipinski definition) is 3. The van der Waals surface area contributed by atoms with E-state index in [1.54, 1.807) is 7.05 Å². The van der Waals surface area contributed by atoms with E-state index in [2.05, 4.69) is 41.8 Å². The zero-order valence-electron chi connectivity index (χ0n) is 14.5. The van der Waals surface area contributed by atoms with Gasteiger partial charge in [0.15, 0.2) is 17.5 Å². The van der Waals surface area contributed by atoms with Gasteiger partial charge in [-0.25, -0.2) is 0 Å². The van der Waals surface area contributed by atoms with Crippen molar-refractivity contribution in [3.05, 3.63) is 46.2 Å². The Morgan fingerprint density at radius 2 is 2.08 bits per heavy atom. The number of fused-ring (bicyclic) bond motifs is 1. The summed E-state index contributed by atoms with van der Waals surface area (Å²) >= 11 is 3.51. The van der Waals surface area contributed by atoms with Gasteiger partial charge in [0.1, 0.15) is 0 Å². The van der Waals surface area contributed by atoms with E-state index in [1.807, 2.05) is 38.5 Å². The minimum Gasteiger partial charge on any atom is -0.454 e. The number of aryl methyl sites for hydroxylation is 1. The van der Waals surface area contributed by atoms with Gasteiger partial charge in [-0.15, -0.1) is 24.0 Å². The number of halogens is 2. The molecule has 0 saturated carbocycles. The Balaban J connectivity index is 0.00000225. The zero-order valence-corrected chi connectivity index (χ0v) is 18.4. The Morgan fingerprint density at radius 3 is 2.76 bits per heavy atom. The normalized spacial score (nSPS) is 12.7. The number of nitrogens with zero attached hydrogens (tertiary/aromatic N) is 3. The van der Waals surface area contributed by atoms with Gasteiger partial charge in [-0.1, -0.05) is 6.07 Å². The van der Waals surface area contributed by atoms with Gasteiger partial charge in [-0.05, 0) is 39.7 Å². The molecule has 0 fully saturated rings. The Bertz CT molecular complexity index is 763. The second kappa shape index (κ2) is 8.79. The van der Waals surface area contributed by atoms with Crippen molar-refractivity contribution in [2.75, 3.05) is 20.9 Å². The fourth-order valence-electron chi connectivity index (χ4n) is 2.66. The summed E-state index contributed by atoms with van der Waals surface area (Å²) in [5, 5.41) is 3.38. The summed E-state index contributed by atoms with van der Waals surface area (Å²) in [7, 11) is 5.85. The predicted molar refractivity (Wildman–Crippen MR) is 113 cm³/mol. The van der Waals surface area contributed by atoms with Gasteiger partial charge in [0.2, 0.25) is 6.79 Å². The van der Waals surface area contributed by atoms with Crippen molar-refractivity contribution < 1.29 is 9.47 Å². The smallest absolute Gasteiger partial charge is 0.231 e. The van der Waals surface area contributed by atoms with E-state index in [4.69, 9.17) is 9.47 Å². The molecular formula is C17H22BrIN4O2. The van der Waals surface area contributed by atoms with Gasteiger partial charge in [0.05, 0.1) is 6.54 Å². The Morgan fingerprint density at radius 1 is 1.32 bits per heavy atom. The van der Waals surface area contributed by atoms with E-state index in [0.29, 0.717) is 13.3 Å². The minimum atomic E-state index is 0. The Labute approximate surface area is 173 Å². The third-order valence-electron chi connectivity index (χ3n) is 3.93. The first kappa shape index (κ1) is 19.9. The average Bonchev–Trinajstić information content (AvgIpc) is 3.13. The lowest BCUT2D eigenvalue weighted by atomic mass is 10.2. The second-order valence-corrected chi connectivity index (χ2v) is 6.62. The van der Waals surface area contributed by atoms with E-state index >= 15 is 0 Å². The van der Waals surface area contributed by atoms with Crippen molar-refractivity contribution in [2.45, 2.75) is 13.1 Å². The topological polar surface area (TPSA) is 51.0 Å². The molecule has 136 valence electrons. The maximum absolute atomic E-state index is 5.42. The van der Waals surface area contributed by atoms with Crippen LogP contribution < -0.4 is 14.8 Å². The third kappa shape index (κ3) is 4.81. The summed E-state index contributed by atoms with van der Waals surface area (Å²) in [5.74, 6) is 2.44. The monoisotopic (exact) mass is 520 g/mol. The summed E-state index contributed by atoms with van der Waals surface area (Å²) in [5.41, 5.74) is 2.32. The number of nitrogens with one attached hydrogen (secondary N) is 1. The highest BCUT2D eigenvalue weighted by Crippen LogP contribution is 2.32. The van der Waals surface area contributed by atoms with Crippen LogP contribution in [-0.4, -0.2) is 36.3 Å². The standard InChI is InChI=1S/C17H21BrN4O2.HI/c1-19-17(22(3)10-14-7-13(18)9-21(14)2)20-8-12-4-5-15-16(6-12)24-11-23-15;/h4-7,9H,8,10-11H2,1-3H3,(H,19,20);1H. The van der Waals surface area contributed by atoms with Crippen molar-refractivity contribution in [1.82, 2.24) is 14.8 Å². The van der Waals surface area contributed by atoms with Crippen LogP contribution in [0.2, 0.25) is 0 Å². The van der Waals surface area contributed by atoms with Gasteiger partial charge in [-0.3, -0.25) is 4.99 Å². The number of benzene rings is 1. The highest BCUT2D eigenvalue weighted by Gasteiger charge is 2.14. The molecule has 0 atom stereocenters. The molecule has 1 N–H and O–H groups in total. The number of ether oxygens (including phenoxy) is 2.